The maximum Gasteiger partial charge on any atom is 0.123 e. The molecule has 0 radical (unpaired) electrons. The third kappa shape index (κ3) is 3.68. The monoisotopic (exact) mass is 238 g/mol. The number of nitrogens with one attached hydrogen (secondary N) is 1. The van der Waals surface area contributed by atoms with E-state index >= 15 is 0 Å². The highest BCUT2D eigenvalue weighted by molar-refractivity contribution is 5.45. The highest BCUT2D eigenvalue weighted by atomic mass is 19.1. The molecule has 0 aliphatic carbocycles. The van der Waals surface area contributed by atoms with Crippen LogP contribution in [0.4, 0.5) is 10.1 Å². The summed E-state index contributed by atoms with van der Waals surface area (Å²) < 4.78 is 18.4. The minimum absolute atomic E-state index is 0.193. The van der Waals surface area contributed by atoms with Gasteiger partial charge in [-0.15, -0.1) is 0 Å². The van der Waals surface area contributed by atoms with Crippen molar-refractivity contribution in [3.63, 3.8) is 0 Å². The summed E-state index contributed by atoms with van der Waals surface area (Å²) in [5, 5.41) is 3.31. The van der Waals surface area contributed by atoms with Crippen molar-refractivity contribution < 1.29 is 9.13 Å². The highest BCUT2D eigenvalue weighted by Crippen LogP contribution is 2.14. The molecule has 0 saturated carbocycles. The second kappa shape index (κ2) is 5.98. The Labute approximate surface area is 102 Å². The summed E-state index contributed by atoms with van der Waals surface area (Å²) in [4.78, 5) is 2.12. The van der Waals surface area contributed by atoms with Crippen LogP contribution in [0.5, 0.6) is 0 Å². The molecule has 3 nitrogen and oxygen atoms in total. The van der Waals surface area contributed by atoms with Crippen LogP contribution >= 0.6 is 0 Å². The molecule has 4 heteroatoms. The lowest BCUT2D eigenvalue weighted by Crippen LogP contribution is -2.40. The first-order valence-electron chi connectivity index (χ1n) is 6.05. The summed E-state index contributed by atoms with van der Waals surface area (Å²) >= 11 is 0. The molecule has 2 rings (SSSR count). The number of hydrogen-bond acceptors (Lipinski definition) is 3. The van der Waals surface area contributed by atoms with E-state index in [1.165, 1.54) is 12.1 Å². The normalized spacial score (nSPS) is 20.2. The van der Waals surface area contributed by atoms with Crippen LogP contribution in [0.25, 0.3) is 0 Å². The van der Waals surface area contributed by atoms with Gasteiger partial charge in [-0.25, -0.2) is 4.39 Å². The molecule has 0 bridgehead atoms. The van der Waals surface area contributed by atoms with Gasteiger partial charge >= 0.3 is 0 Å². The van der Waals surface area contributed by atoms with E-state index in [1.54, 1.807) is 12.1 Å². The molecule has 1 aromatic carbocycles. The van der Waals surface area contributed by atoms with Crippen LogP contribution in [-0.4, -0.2) is 39.4 Å². The van der Waals surface area contributed by atoms with E-state index in [4.69, 9.17) is 4.74 Å². The van der Waals surface area contributed by atoms with E-state index in [0.29, 0.717) is 6.10 Å². The molecule has 1 N–H and O–H groups in total. The molecule has 1 fully saturated rings. The SMILES string of the molecule is CN(CCC1CNCCO1)c1ccc(F)cc1. The lowest BCUT2D eigenvalue weighted by atomic mass is 10.2. The van der Waals surface area contributed by atoms with Crippen molar-refractivity contribution in [3.05, 3.63) is 30.1 Å². The molecule has 94 valence electrons. The molecular weight excluding hydrogens is 219 g/mol. The zero-order valence-corrected chi connectivity index (χ0v) is 10.2. The van der Waals surface area contributed by atoms with Crippen LogP contribution in [0.3, 0.4) is 0 Å². The van der Waals surface area contributed by atoms with Gasteiger partial charge in [-0.1, -0.05) is 0 Å². The molecule has 17 heavy (non-hydrogen) atoms. The van der Waals surface area contributed by atoms with Crippen LogP contribution in [0.15, 0.2) is 24.3 Å². The lowest BCUT2D eigenvalue weighted by molar-refractivity contribution is 0.0250. The predicted molar refractivity (Wildman–Crippen MR) is 66.9 cm³/mol. The number of anilines is 1. The zero-order chi connectivity index (χ0) is 12.1. The molecule has 1 saturated heterocycles. The number of benzene rings is 1. The summed E-state index contributed by atoms with van der Waals surface area (Å²) in [5.41, 5.74) is 1.04. The van der Waals surface area contributed by atoms with Crippen molar-refractivity contribution in [2.75, 3.05) is 38.2 Å². The molecule has 0 spiro atoms. The summed E-state index contributed by atoms with van der Waals surface area (Å²) in [6, 6.07) is 6.58. The van der Waals surface area contributed by atoms with Crippen LogP contribution in [-0.2, 0) is 4.74 Å². The van der Waals surface area contributed by atoms with Crippen LogP contribution < -0.4 is 10.2 Å². The smallest absolute Gasteiger partial charge is 0.123 e. The first-order chi connectivity index (χ1) is 8.25. The number of morpholine rings is 1. The van der Waals surface area contributed by atoms with Gasteiger partial charge in [0, 0.05) is 32.4 Å². The molecule has 1 aliphatic heterocycles. The van der Waals surface area contributed by atoms with Crippen LogP contribution in [0.1, 0.15) is 6.42 Å². The topological polar surface area (TPSA) is 24.5 Å². The fourth-order valence-electron chi connectivity index (χ4n) is 1.97. The van der Waals surface area contributed by atoms with Crippen molar-refractivity contribution in [3.8, 4) is 0 Å². The summed E-state index contributed by atoms with van der Waals surface area (Å²) in [6.07, 6.45) is 1.28. The number of halogens is 1. The van der Waals surface area contributed by atoms with Gasteiger partial charge < -0.3 is 15.0 Å². The number of nitrogens with zero attached hydrogens (tertiary/aromatic N) is 1. The van der Waals surface area contributed by atoms with Gasteiger partial charge in [0.15, 0.2) is 0 Å². The zero-order valence-electron chi connectivity index (χ0n) is 10.2. The summed E-state index contributed by atoms with van der Waals surface area (Å²) in [5.74, 6) is -0.193. The van der Waals surface area contributed by atoms with Gasteiger partial charge in [0.1, 0.15) is 5.82 Å². The average molecular weight is 238 g/mol. The van der Waals surface area contributed by atoms with Gasteiger partial charge in [0.25, 0.3) is 0 Å². The molecule has 1 aromatic rings. The minimum atomic E-state index is -0.193. The third-order valence-electron chi connectivity index (χ3n) is 3.06. The van der Waals surface area contributed by atoms with E-state index < -0.39 is 0 Å². The molecule has 1 heterocycles. The fourth-order valence-corrected chi connectivity index (χ4v) is 1.97. The van der Waals surface area contributed by atoms with Crippen LogP contribution in [0, 0.1) is 5.82 Å². The number of hydrogen-bond donors (Lipinski definition) is 1. The Balaban J connectivity index is 1.80. The molecule has 1 atom stereocenters. The maximum absolute atomic E-state index is 12.8. The van der Waals surface area contributed by atoms with Crippen LogP contribution in [0.2, 0.25) is 0 Å². The van der Waals surface area contributed by atoms with E-state index in [9.17, 15) is 4.39 Å². The van der Waals surface area contributed by atoms with Gasteiger partial charge in [0.05, 0.1) is 12.7 Å². The Kier molecular flexibility index (Phi) is 4.34. The second-order valence-electron chi connectivity index (χ2n) is 4.38. The van der Waals surface area contributed by atoms with Gasteiger partial charge in [-0.3, -0.25) is 0 Å². The third-order valence-corrected chi connectivity index (χ3v) is 3.06. The summed E-state index contributed by atoms with van der Waals surface area (Å²) in [7, 11) is 2.02. The van der Waals surface area contributed by atoms with E-state index in [0.717, 1.165) is 38.3 Å². The first-order valence-corrected chi connectivity index (χ1v) is 6.05. The van der Waals surface area contributed by atoms with Gasteiger partial charge in [-0.2, -0.15) is 0 Å². The molecule has 0 amide bonds. The van der Waals surface area contributed by atoms with Gasteiger partial charge in [-0.05, 0) is 30.7 Å². The number of rotatable bonds is 4. The fraction of sp³-hybridized carbons (Fsp3) is 0.538. The molecular formula is C13H19FN2O. The van der Waals surface area contributed by atoms with Crippen molar-refractivity contribution >= 4 is 5.69 Å². The van der Waals surface area contributed by atoms with E-state index in [1.807, 2.05) is 7.05 Å². The second-order valence-corrected chi connectivity index (χ2v) is 4.38. The Bertz CT molecular complexity index is 336. The van der Waals surface area contributed by atoms with Crippen molar-refractivity contribution in [1.82, 2.24) is 5.32 Å². The molecule has 1 unspecified atom stereocenters. The van der Waals surface area contributed by atoms with Crippen molar-refractivity contribution in [2.24, 2.45) is 0 Å². The van der Waals surface area contributed by atoms with E-state index in [-0.39, 0.29) is 5.82 Å². The molecule has 1 aliphatic rings. The van der Waals surface area contributed by atoms with Crippen molar-refractivity contribution in [1.29, 1.82) is 0 Å². The Morgan fingerprint density at radius 2 is 2.18 bits per heavy atom. The maximum atomic E-state index is 12.8. The Morgan fingerprint density at radius 1 is 1.41 bits per heavy atom. The lowest BCUT2D eigenvalue weighted by Gasteiger charge is -2.26. The predicted octanol–water partition coefficient (Wildman–Crippen LogP) is 1.64. The largest absolute Gasteiger partial charge is 0.376 e. The molecule has 0 aromatic heterocycles. The number of ether oxygens (including phenoxy) is 1. The quantitative estimate of drug-likeness (QED) is 0.863. The van der Waals surface area contributed by atoms with E-state index in [2.05, 4.69) is 10.2 Å². The highest BCUT2D eigenvalue weighted by Gasteiger charge is 2.13. The summed E-state index contributed by atoms with van der Waals surface area (Å²) in [6.45, 7) is 3.59. The minimum Gasteiger partial charge on any atom is -0.376 e. The van der Waals surface area contributed by atoms with Gasteiger partial charge in [0.2, 0.25) is 0 Å². The average Bonchev–Trinajstić information content (AvgIpc) is 2.38. The Hall–Kier alpha value is -1.13. The standard InChI is InChI=1S/C13H19FN2O/c1-16(12-4-2-11(14)3-5-12)8-6-13-10-15-7-9-17-13/h2-5,13,15H,6-10H2,1H3. The van der Waals surface area contributed by atoms with Crippen molar-refractivity contribution in [2.45, 2.75) is 12.5 Å². The first kappa shape index (κ1) is 12.3. The Morgan fingerprint density at radius 3 is 2.82 bits per heavy atom.